The average Bonchev–Trinajstić information content (AvgIpc) is 2.18. The van der Waals surface area contributed by atoms with Crippen molar-refractivity contribution in [1.82, 2.24) is 0 Å². The molecule has 1 aromatic carbocycles. The molecule has 0 aliphatic carbocycles. The summed E-state index contributed by atoms with van der Waals surface area (Å²) < 4.78 is 5.95. The number of ether oxygens (including phenoxy) is 1. The van der Waals surface area contributed by atoms with Crippen molar-refractivity contribution >= 4 is 21.9 Å². The Morgan fingerprint density at radius 3 is 2.87 bits per heavy atom. The Labute approximate surface area is 98.8 Å². The molecule has 82 valence electrons. The number of hydrogen-bond acceptors (Lipinski definition) is 2. The van der Waals surface area contributed by atoms with Gasteiger partial charge in [0.05, 0.1) is 13.0 Å². The van der Waals surface area contributed by atoms with Gasteiger partial charge in [-0.1, -0.05) is 35.0 Å². The Hall–Kier alpha value is -0.830. The summed E-state index contributed by atoms with van der Waals surface area (Å²) >= 11 is 3.41. The second kappa shape index (κ2) is 5.91. The second-order valence-electron chi connectivity index (χ2n) is 3.47. The molecule has 0 amide bonds. The van der Waals surface area contributed by atoms with Crippen LogP contribution >= 0.6 is 15.9 Å². The Morgan fingerprint density at radius 2 is 2.27 bits per heavy atom. The number of rotatable bonds is 4. The van der Waals surface area contributed by atoms with Crippen molar-refractivity contribution in [3.05, 3.63) is 34.3 Å². The van der Waals surface area contributed by atoms with Gasteiger partial charge in [0.15, 0.2) is 0 Å². The molecule has 0 unspecified atom stereocenters. The summed E-state index contributed by atoms with van der Waals surface area (Å²) in [7, 11) is 0. The van der Waals surface area contributed by atoms with Crippen LogP contribution in [-0.2, 0) is 9.53 Å². The number of halogens is 1. The molecule has 0 fully saturated rings. The van der Waals surface area contributed by atoms with Gasteiger partial charge in [0.1, 0.15) is 0 Å². The van der Waals surface area contributed by atoms with E-state index in [-0.39, 0.29) is 11.9 Å². The lowest BCUT2D eigenvalue weighted by molar-refractivity contribution is -0.143. The van der Waals surface area contributed by atoms with Gasteiger partial charge >= 0.3 is 5.97 Å². The highest BCUT2D eigenvalue weighted by Gasteiger charge is 2.11. The van der Waals surface area contributed by atoms with Gasteiger partial charge in [-0.05, 0) is 30.5 Å². The molecule has 1 aromatic rings. The first-order valence-corrected chi connectivity index (χ1v) is 5.84. The minimum Gasteiger partial charge on any atom is -0.466 e. The zero-order valence-electron chi connectivity index (χ0n) is 9.00. The van der Waals surface area contributed by atoms with Crippen LogP contribution in [-0.4, -0.2) is 12.6 Å². The predicted molar refractivity (Wildman–Crippen MR) is 63.8 cm³/mol. The van der Waals surface area contributed by atoms with E-state index in [1.54, 1.807) is 0 Å². The van der Waals surface area contributed by atoms with Crippen molar-refractivity contribution < 1.29 is 9.53 Å². The molecule has 3 heteroatoms. The fraction of sp³-hybridized carbons (Fsp3) is 0.417. The van der Waals surface area contributed by atoms with Crippen molar-refractivity contribution in [2.45, 2.75) is 26.2 Å². The Kier molecular flexibility index (Phi) is 4.82. The van der Waals surface area contributed by atoms with Crippen LogP contribution in [0.25, 0.3) is 0 Å². The summed E-state index contributed by atoms with van der Waals surface area (Å²) in [6.07, 6.45) is 0.435. The highest BCUT2D eigenvalue weighted by Crippen LogP contribution is 2.22. The summed E-state index contributed by atoms with van der Waals surface area (Å²) in [5, 5.41) is 0. The molecule has 0 saturated heterocycles. The maximum Gasteiger partial charge on any atom is 0.306 e. The number of carbonyl (C=O) groups is 1. The summed E-state index contributed by atoms with van der Waals surface area (Å²) in [5.74, 6) is 0.0616. The zero-order valence-corrected chi connectivity index (χ0v) is 10.6. The zero-order chi connectivity index (χ0) is 11.3. The average molecular weight is 271 g/mol. The van der Waals surface area contributed by atoms with Crippen molar-refractivity contribution in [3.63, 3.8) is 0 Å². The van der Waals surface area contributed by atoms with Crippen molar-refractivity contribution in [3.8, 4) is 0 Å². The van der Waals surface area contributed by atoms with Gasteiger partial charge in [-0.15, -0.1) is 0 Å². The maximum absolute atomic E-state index is 11.3. The molecule has 1 atom stereocenters. The monoisotopic (exact) mass is 270 g/mol. The van der Waals surface area contributed by atoms with Gasteiger partial charge in [0, 0.05) is 4.47 Å². The van der Waals surface area contributed by atoms with Gasteiger partial charge in [0.2, 0.25) is 0 Å². The van der Waals surface area contributed by atoms with Crippen molar-refractivity contribution in [2.75, 3.05) is 6.61 Å². The third-order valence-electron chi connectivity index (χ3n) is 2.20. The molecule has 0 heterocycles. The van der Waals surface area contributed by atoms with Gasteiger partial charge < -0.3 is 4.74 Å². The molecule has 0 aromatic heterocycles. The molecule has 0 radical (unpaired) electrons. The molecule has 0 saturated carbocycles. The maximum atomic E-state index is 11.3. The Balaban J connectivity index is 2.60. The smallest absolute Gasteiger partial charge is 0.306 e. The molecular weight excluding hydrogens is 256 g/mol. The molecule has 0 N–H and O–H groups in total. The first-order valence-electron chi connectivity index (χ1n) is 5.04. The standard InChI is InChI=1S/C12H15BrO2/c1-3-15-12(14)7-9(2)10-5-4-6-11(13)8-10/h4-6,8-9H,3,7H2,1-2H3/t9-/m1/s1. The first kappa shape index (κ1) is 12.2. The highest BCUT2D eigenvalue weighted by atomic mass is 79.9. The first-order chi connectivity index (χ1) is 7.13. The van der Waals surface area contributed by atoms with Crippen LogP contribution in [0.1, 0.15) is 31.7 Å². The third-order valence-corrected chi connectivity index (χ3v) is 2.69. The van der Waals surface area contributed by atoms with E-state index < -0.39 is 0 Å². The lowest BCUT2D eigenvalue weighted by Gasteiger charge is -2.11. The molecule has 0 aliphatic rings. The van der Waals surface area contributed by atoms with Crippen LogP contribution in [0.2, 0.25) is 0 Å². The second-order valence-corrected chi connectivity index (χ2v) is 4.38. The topological polar surface area (TPSA) is 26.3 Å². The van der Waals surface area contributed by atoms with Crippen molar-refractivity contribution in [1.29, 1.82) is 0 Å². The van der Waals surface area contributed by atoms with Crippen molar-refractivity contribution in [2.24, 2.45) is 0 Å². The minimum atomic E-state index is -0.134. The molecular formula is C12H15BrO2. The number of esters is 1. The fourth-order valence-electron chi connectivity index (χ4n) is 1.40. The molecule has 0 aliphatic heterocycles. The molecule has 2 nitrogen and oxygen atoms in total. The lowest BCUT2D eigenvalue weighted by Crippen LogP contribution is -2.08. The van der Waals surface area contributed by atoms with E-state index >= 15 is 0 Å². The number of hydrogen-bond donors (Lipinski definition) is 0. The van der Waals surface area contributed by atoms with Crippen LogP contribution in [0.4, 0.5) is 0 Å². The number of benzene rings is 1. The van der Waals surface area contributed by atoms with E-state index in [9.17, 15) is 4.79 Å². The Bertz CT molecular complexity index is 336. The molecule has 0 bridgehead atoms. The van der Waals surface area contributed by atoms with Crippen LogP contribution in [0.3, 0.4) is 0 Å². The lowest BCUT2D eigenvalue weighted by atomic mass is 9.98. The third kappa shape index (κ3) is 4.04. The van der Waals surface area contributed by atoms with Gasteiger partial charge in [-0.2, -0.15) is 0 Å². The summed E-state index contributed by atoms with van der Waals surface area (Å²) in [6.45, 7) is 4.30. The van der Waals surface area contributed by atoms with Crippen LogP contribution in [0, 0.1) is 0 Å². The SMILES string of the molecule is CCOC(=O)C[C@@H](C)c1cccc(Br)c1. The Morgan fingerprint density at radius 1 is 1.53 bits per heavy atom. The van der Waals surface area contributed by atoms with E-state index in [1.165, 1.54) is 0 Å². The van der Waals surface area contributed by atoms with Gasteiger partial charge in [0.25, 0.3) is 0 Å². The van der Waals surface area contributed by atoms with E-state index in [4.69, 9.17) is 4.74 Å². The number of carbonyl (C=O) groups excluding carboxylic acids is 1. The molecule has 15 heavy (non-hydrogen) atoms. The largest absolute Gasteiger partial charge is 0.466 e. The van der Waals surface area contributed by atoms with E-state index in [0.717, 1.165) is 10.0 Å². The van der Waals surface area contributed by atoms with Gasteiger partial charge in [-0.25, -0.2) is 0 Å². The minimum absolute atomic E-state index is 0.134. The van der Waals surface area contributed by atoms with Crippen LogP contribution in [0.5, 0.6) is 0 Å². The van der Waals surface area contributed by atoms with E-state index in [0.29, 0.717) is 13.0 Å². The van der Waals surface area contributed by atoms with E-state index in [2.05, 4.69) is 15.9 Å². The predicted octanol–water partition coefficient (Wildman–Crippen LogP) is 3.51. The summed E-state index contributed by atoms with van der Waals surface area (Å²) in [5.41, 5.74) is 1.15. The van der Waals surface area contributed by atoms with Crippen LogP contribution < -0.4 is 0 Å². The van der Waals surface area contributed by atoms with E-state index in [1.807, 2.05) is 38.1 Å². The van der Waals surface area contributed by atoms with Crippen LogP contribution in [0.15, 0.2) is 28.7 Å². The fourth-order valence-corrected chi connectivity index (χ4v) is 1.82. The summed E-state index contributed by atoms with van der Waals surface area (Å²) in [6, 6.07) is 8.00. The highest BCUT2D eigenvalue weighted by molar-refractivity contribution is 9.10. The quantitative estimate of drug-likeness (QED) is 0.783. The summed E-state index contributed by atoms with van der Waals surface area (Å²) in [4.78, 5) is 11.3. The molecule has 1 rings (SSSR count). The molecule has 0 spiro atoms. The normalized spacial score (nSPS) is 12.2. The van der Waals surface area contributed by atoms with Gasteiger partial charge in [-0.3, -0.25) is 4.79 Å².